The van der Waals surface area contributed by atoms with Crippen LogP contribution in [0.5, 0.6) is 0 Å². The molecule has 3 nitrogen and oxygen atoms in total. The van der Waals surface area contributed by atoms with Gasteiger partial charge in [0.1, 0.15) is 16.1 Å². The van der Waals surface area contributed by atoms with Crippen molar-refractivity contribution in [3.8, 4) is 108 Å². The van der Waals surface area contributed by atoms with Crippen LogP contribution in [0.15, 0.2) is 0 Å². The van der Waals surface area contributed by atoms with Crippen molar-refractivity contribution < 1.29 is 32.0 Å². The van der Waals surface area contributed by atoms with E-state index < -0.39 is 28.4 Å². The molecule has 2 N–H and O–H groups in total. The summed E-state index contributed by atoms with van der Waals surface area (Å²) in [5.41, 5.74) is 5.99. The number of rotatable bonds is 9. The maximum Gasteiger partial charge on any atom is 2.00 e. The van der Waals surface area contributed by atoms with E-state index in [1.807, 2.05) is 0 Å². The molecule has 0 spiro atoms. The molecule has 0 fully saturated rings. The first kappa shape index (κ1) is 60.6. The Balaban J connectivity index is -0.0000000940. The van der Waals surface area contributed by atoms with Crippen LogP contribution in [0.25, 0.3) is 0 Å². The predicted molar refractivity (Wildman–Crippen MR) is 212 cm³/mol. The topological polar surface area (TPSA) is 57.5 Å². The van der Waals surface area contributed by atoms with Crippen LogP contribution in [-0.4, -0.2) is 67.9 Å². The second-order valence-electron chi connectivity index (χ2n) is 11.2. The number of aliphatic hydroxyl groups is 2. The van der Waals surface area contributed by atoms with Gasteiger partial charge in [0, 0.05) is 38.5 Å². The van der Waals surface area contributed by atoms with Gasteiger partial charge in [-0.05, 0) is 44.4 Å². The summed E-state index contributed by atoms with van der Waals surface area (Å²) >= 11 is 0. The van der Waals surface area contributed by atoms with Gasteiger partial charge in [-0.3, -0.25) is 4.79 Å². The van der Waals surface area contributed by atoms with Crippen LogP contribution in [-0.2, 0) is 4.79 Å². The van der Waals surface area contributed by atoms with Crippen molar-refractivity contribution in [2.75, 3.05) is 0 Å². The van der Waals surface area contributed by atoms with Crippen LogP contribution >= 0.6 is 0 Å². The molecule has 0 aliphatic carbocycles. The third kappa shape index (κ3) is 79.1. The largest absolute Gasteiger partial charge is 2.00 e. The molecular formula is C41H57BrMgO3Si2. The van der Waals surface area contributed by atoms with Crippen molar-refractivity contribution in [3.05, 3.63) is 6.92 Å². The van der Waals surface area contributed by atoms with Crippen molar-refractivity contribution in [2.45, 2.75) is 135 Å². The van der Waals surface area contributed by atoms with Crippen LogP contribution in [0.2, 0.25) is 39.3 Å². The fourth-order valence-electron chi connectivity index (χ4n) is 2.28. The molecule has 48 heavy (non-hydrogen) atoms. The number of terminal acetylenes is 5. The number of carbonyl (C=O) groups is 1. The van der Waals surface area contributed by atoms with E-state index in [0.29, 0.717) is 6.29 Å². The Morgan fingerprint density at radius 1 is 0.583 bits per heavy atom. The fraction of sp³-hybridized carbons (Fsp3) is 0.512. The van der Waals surface area contributed by atoms with Crippen LogP contribution in [0.4, 0.5) is 0 Å². The number of aliphatic hydroxyl groups excluding tert-OH is 2. The van der Waals surface area contributed by atoms with Gasteiger partial charge in [0.2, 0.25) is 0 Å². The molecule has 0 aliphatic rings. The summed E-state index contributed by atoms with van der Waals surface area (Å²) in [6.07, 6.45) is 35.0. The SMILES string of the molecule is C#CCCCCC#C.C#CCCCCC#CC(O)C#C.C#CCCCCC#CC(O)C#C[Si](C)(C)C.C[Si](C)(C)C#CC=O.[Br-].[CH2-]C.[Mg+2]. The van der Waals surface area contributed by atoms with Crippen LogP contribution in [0, 0.1) is 115 Å². The van der Waals surface area contributed by atoms with E-state index in [0.717, 1.165) is 77.0 Å². The minimum Gasteiger partial charge on any atom is -1.00 e. The van der Waals surface area contributed by atoms with Crippen molar-refractivity contribution in [1.82, 2.24) is 0 Å². The molecule has 0 aromatic carbocycles. The molecule has 2 atom stereocenters. The maximum atomic E-state index is 9.70. The number of aldehydes is 1. The summed E-state index contributed by atoms with van der Waals surface area (Å²) < 4.78 is 0. The molecule has 0 aromatic rings. The van der Waals surface area contributed by atoms with Gasteiger partial charge in [0.05, 0.1) is 0 Å². The summed E-state index contributed by atoms with van der Waals surface area (Å²) in [6.45, 7) is 17.7. The zero-order valence-electron chi connectivity index (χ0n) is 30.7. The van der Waals surface area contributed by atoms with Crippen LogP contribution in [0.1, 0.15) is 84.0 Å². The molecule has 0 rings (SSSR count). The Bertz CT molecular complexity index is 1210. The van der Waals surface area contributed by atoms with Crippen molar-refractivity contribution in [1.29, 1.82) is 0 Å². The van der Waals surface area contributed by atoms with Crippen molar-refractivity contribution in [2.24, 2.45) is 0 Å². The number of hydrogen-bond donors (Lipinski definition) is 2. The van der Waals surface area contributed by atoms with E-state index in [1.165, 1.54) is 0 Å². The second-order valence-corrected chi connectivity index (χ2v) is 20.7. The molecule has 0 bridgehead atoms. The number of halogens is 1. The number of carbonyl (C=O) groups excluding carboxylic acids is 1. The van der Waals surface area contributed by atoms with E-state index in [2.05, 4.69) is 122 Å². The van der Waals surface area contributed by atoms with Gasteiger partial charge in [-0.15, -0.1) is 66.9 Å². The third-order valence-corrected chi connectivity index (χ3v) is 6.15. The van der Waals surface area contributed by atoms with Crippen molar-refractivity contribution >= 4 is 45.5 Å². The zero-order chi connectivity index (χ0) is 36.5. The molecule has 256 valence electrons. The molecule has 0 saturated heterocycles. The van der Waals surface area contributed by atoms with Gasteiger partial charge in [0.25, 0.3) is 0 Å². The average Bonchev–Trinajstić information content (AvgIpc) is 3.02. The monoisotopic (exact) mass is 756 g/mol. The van der Waals surface area contributed by atoms with Gasteiger partial charge < -0.3 is 34.1 Å². The minimum absolute atomic E-state index is 0. The zero-order valence-corrected chi connectivity index (χ0v) is 35.7. The molecular weight excluding hydrogens is 701 g/mol. The maximum absolute atomic E-state index is 9.70. The Morgan fingerprint density at radius 3 is 1.15 bits per heavy atom. The first-order chi connectivity index (χ1) is 21.7. The predicted octanol–water partition coefficient (Wildman–Crippen LogP) is 3.95. The third-order valence-electron chi connectivity index (χ3n) is 4.36. The van der Waals surface area contributed by atoms with Crippen molar-refractivity contribution in [3.63, 3.8) is 0 Å². The molecule has 0 saturated carbocycles. The van der Waals surface area contributed by atoms with E-state index in [4.69, 9.17) is 37.2 Å². The smallest absolute Gasteiger partial charge is 1.00 e. The first-order valence-corrected chi connectivity index (χ1v) is 22.5. The van der Waals surface area contributed by atoms with Gasteiger partial charge >= 0.3 is 23.1 Å². The van der Waals surface area contributed by atoms with E-state index in [1.54, 1.807) is 6.92 Å². The average molecular weight is 758 g/mol. The summed E-state index contributed by atoms with van der Waals surface area (Å²) in [5.74, 6) is 28.5. The van der Waals surface area contributed by atoms with Gasteiger partial charge in [0.15, 0.2) is 18.5 Å². The van der Waals surface area contributed by atoms with Gasteiger partial charge in [-0.2, -0.15) is 6.92 Å². The summed E-state index contributed by atoms with van der Waals surface area (Å²) in [6, 6.07) is 0. The van der Waals surface area contributed by atoms with Crippen LogP contribution < -0.4 is 17.0 Å². The molecule has 7 heteroatoms. The Hall–Kier alpha value is -2.69. The van der Waals surface area contributed by atoms with Gasteiger partial charge in [-0.1, -0.05) is 74.8 Å². The summed E-state index contributed by atoms with van der Waals surface area (Å²) in [4.78, 5) is 9.70. The van der Waals surface area contributed by atoms with Crippen LogP contribution in [0.3, 0.4) is 0 Å². The standard InChI is InChI=1S/C14H20OSi.C11H12O.C8H10.C6H10OSi.C2H5.BrH.Mg/c1-5-6-7-8-9-10-11-14(15)12-13-16(2,3)4;1-3-5-6-7-8-9-10-11(12)4-2;1-3-5-7-8-6-4-2;1-8(2,3)6-4-5-7;1-2;;/h1,14-15H,6-9H2,2-4H3;1-2,11-12H,5-8H2;1-2H,5-8H2;5H,1-3H3;1H2,2H3;1H;/q;;;;-1;;+2/p-1. The number of hydrogen-bond acceptors (Lipinski definition) is 3. The summed E-state index contributed by atoms with van der Waals surface area (Å²) in [7, 11) is -2.67. The first-order valence-electron chi connectivity index (χ1n) is 15.5. The second kappa shape index (κ2) is 48.7. The molecule has 0 amide bonds. The quantitative estimate of drug-likeness (QED) is 0.123. The Kier molecular flexibility index (Phi) is 61.5. The Morgan fingerprint density at radius 2 is 0.896 bits per heavy atom. The molecule has 0 heterocycles. The molecule has 2 unspecified atom stereocenters. The minimum atomic E-state index is -1.40. The van der Waals surface area contributed by atoms with E-state index in [-0.39, 0.29) is 40.0 Å². The normalized spacial score (nSPS) is 9.27. The Labute approximate surface area is 326 Å². The summed E-state index contributed by atoms with van der Waals surface area (Å²) in [5, 5.41) is 18.3. The molecule has 0 aliphatic heterocycles. The van der Waals surface area contributed by atoms with Gasteiger partial charge in [-0.25, -0.2) is 0 Å². The number of unbranched alkanes of at least 4 members (excludes halogenated alkanes) is 9. The fourth-order valence-corrected chi connectivity index (χ4v) is 3.34. The van der Waals surface area contributed by atoms with E-state index >= 15 is 0 Å². The molecule has 0 radical (unpaired) electrons. The van der Waals surface area contributed by atoms with E-state index in [9.17, 15) is 9.90 Å². The molecule has 0 aromatic heterocycles.